The number of hydrogen-bond acceptors (Lipinski definition) is 3. The number of carboxylic acid groups (broad SMARTS) is 1. The van der Waals surface area contributed by atoms with Crippen molar-refractivity contribution in [3.8, 4) is 11.5 Å². The first-order valence-electron chi connectivity index (χ1n) is 10.8. The molecule has 1 heterocycles. The third-order valence-electron chi connectivity index (χ3n) is 6.75. The van der Waals surface area contributed by atoms with Gasteiger partial charge < -0.3 is 14.9 Å². The smallest absolute Gasteiger partial charge is 0.306 e. The van der Waals surface area contributed by atoms with Crippen LogP contribution in [-0.2, 0) is 11.2 Å². The van der Waals surface area contributed by atoms with Crippen molar-refractivity contribution < 1.29 is 19.7 Å². The molecule has 0 spiro atoms. The minimum absolute atomic E-state index is 0.148. The Bertz CT molecular complexity index is 709. The van der Waals surface area contributed by atoms with Gasteiger partial charge >= 0.3 is 5.97 Å². The van der Waals surface area contributed by atoms with Crippen molar-refractivity contribution >= 4 is 5.97 Å². The summed E-state index contributed by atoms with van der Waals surface area (Å²) >= 11 is 0. The summed E-state index contributed by atoms with van der Waals surface area (Å²) in [6.45, 7) is 12.3. The number of hydrogen-bond donors (Lipinski definition) is 2. The standard InChI is InChI=1S/C24H38O4/c1-15(9-7-11-16(2)23(26)27)10-8-13-24(6)14-12-20-19(5)21(25)17(3)18(4)22(20)28-24/h15-16,25H,7-14H2,1-6H3,(H,26,27)/t15-,16+,24-/m1/s1. The van der Waals surface area contributed by atoms with Crippen molar-refractivity contribution in [1.82, 2.24) is 0 Å². The molecule has 0 radical (unpaired) electrons. The average molecular weight is 391 g/mol. The predicted molar refractivity (Wildman–Crippen MR) is 113 cm³/mol. The second-order valence-electron chi connectivity index (χ2n) is 9.25. The lowest BCUT2D eigenvalue weighted by atomic mass is 9.84. The number of aliphatic carboxylic acids is 1. The lowest BCUT2D eigenvalue weighted by molar-refractivity contribution is -0.141. The highest BCUT2D eigenvalue weighted by Crippen LogP contribution is 2.44. The Morgan fingerprint density at radius 2 is 1.71 bits per heavy atom. The maximum Gasteiger partial charge on any atom is 0.306 e. The van der Waals surface area contributed by atoms with E-state index in [1.54, 1.807) is 6.92 Å². The normalized spacial score (nSPS) is 20.9. The molecule has 2 rings (SSSR count). The first kappa shape index (κ1) is 22.6. The fourth-order valence-corrected chi connectivity index (χ4v) is 4.34. The fraction of sp³-hybridized carbons (Fsp3) is 0.708. The van der Waals surface area contributed by atoms with Crippen LogP contribution in [0.2, 0.25) is 0 Å². The van der Waals surface area contributed by atoms with Gasteiger partial charge in [-0.25, -0.2) is 0 Å². The zero-order valence-electron chi connectivity index (χ0n) is 18.5. The Hall–Kier alpha value is -1.71. The van der Waals surface area contributed by atoms with Crippen LogP contribution < -0.4 is 4.74 Å². The topological polar surface area (TPSA) is 66.8 Å². The fourth-order valence-electron chi connectivity index (χ4n) is 4.34. The van der Waals surface area contributed by atoms with Gasteiger partial charge in [-0.05, 0) is 82.4 Å². The molecule has 1 aromatic carbocycles. The van der Waals surface area contributed by atoms with Gasteiger partial charge in [0.25, 0.3) is 0 Å². The summed E-state index contributed by atoms with van der Waals surface area (Å²) in [6.07, 6.45) is 8.08. The van der Waals surface area contributed by atoms with Crippen molar-refractivity contribution in [3.63, 3.8) is 0 Å². The molecule has 0 aromatic heterocycles. The third kappa shape index (κ3) is 5.21. The van der Waals surface area contributed by atoms with Crippen LogP contribution in [0.25, 0.3) is 0 Å². The van der Waals surface area contributed by atoms with Crippen LogP contribution in [0.15, 0.2) is 0 Å². The van der Waals surface area contributed by atoms with Crippen LogP contribution in [0.1, 0.15) is 88.0 Å². The van der Waals surface area contributed by atoms with Gasteiger partial charge in [-0.15, -0.1) is 0 Å². The summed E-state index contributed by atoms with van der Waals surface area (Å²) in [7, 11) is 0. The van der Waals surface area contributed by atoms with Gasteiger partial charge in [0.15, 0.2) is 0 Å². The molecule has 0 bridgehead atoms. The van der Waals surface area contributed by atoms with Crippen molar-refractivity contribution in [2.45, 2.75) is 98.5 Å². The summed E-state index contributed by atoms with van der Waals surface area (Å²) in [5.41, 5.74) is 3.96. The van der Waals surface area contributed by atoms with Crippen LogP contribution in [0.4, 0.5) is 0 Å². The Labute approximate surface area is 170 Å². The molecule has 0 amide bonds. The summed E-state index contributed by atoms with van der Waals surface area (Å²) in [5.74, 6) is 1.08. The molecule has 2 N–H and O–H groups in total. The molecule has 1 aliphatic rings. The largest absolute Gasteiger partial charge is 0.507 e. The molecule has 0 saturated carbocycles. The molecule has 0 fully saturated rings. The molecule has 4 heteroatoms. The van der Waals surface area contributed by atoms with E-state index in [1.807, 2.05) is 20.8 Å². The Morgan fingerprint density at radius 1 is 1.07 bits per heavy atom. The number of aromatic hydroxyl groups is 1. The molecule has 28 heavy (non-hydrogen) atoms. The van der Waals surface area contributed by atoms with Crippen LogP contribution in [0.3, 0.4) is 0 Å². The zero-order chi connectivity index (χ0) is 21.1. The lowest BCUT2D eigenvalue weighted by Crippen LogP contribution is -2.37. The summed E-state index contributed by atoms with van der Waals surface area (Å²) in [5, 5.41) is 19.3. The summed E-state index contributed by atoms with van der Waals surface area (Å²) in [4.78, 5) is 10.9. The Balaban J connectivity index is 1.87. The Kier molecular flexibility index (Phi) is 7.41. The van der Waals surface area contributed by atoms with Gasteiger partial charge in [0.1, 0.15) is 17.1 Å². The first-order chi connectivity index (χ1) is 13.1. The van der Waals surface area contributed by atoms with Gasteiger partial charge in [0.05, 0.1) is 5.92 Å². The maximum atomic E-state index is 10.9. The van der Waals surface area contributed by atoms with Crippen LogP contribution in [0.5, 0.6) is 11.5 Å². The maximum absolute atomic E-state index is 10.9. The average Bonchev–Trinajstić information content (AvgIpc) is 2.64. The van der Waals surface area contributed by atoms with E-state index in [1.165, 1.54) is 5.56 Å². The molecular weight excluding hydrogens is 352 g/mol. The molecule has 3 atom stereocenters. The molecular formula is C24H38O4. The highest BCUT2D eigenvalue weighted by molar-refractivity contribution is 5.69. The number of fused-ring (bicyclic) bond motifs is 1. The van der Waals surface area contributed by atoms with E-state index in [9.17, 15) is 9.90 Å². The second kappa shape index (κ2) is 9.19. The number of carboxylic acids is 1. The van der Waals surface area contributed by atoms with Gasteiger partial charge in [-0.1, -0.05) is 33.1 Å². The number of benzene rings is 1. The highest BCUT2D eigenvalue weighted by atomic mass is 16.5. The molecule has 158 valence electrons. The first-order valence-corrected chi connectivity index (χ1v) is 10.8. The molecule has 0 aliphatic carbocycles. The summed E-state index contributed by atoms with van der Waals surface area (Å²) < 4.78 is 6.51. The number of phenolic OH excluding ortho intramolecular Hbond substituents is 1. The number of ether oxygens (including phenoxy) is 1. The molecule has 1 aliphatic heterocycles. The van der Waals surface area contributed by atoms with Crippen molar-refractivity contribution in [1.29, 1.82) is 0 Å². The quantitative estimate of drug-likeness (QED) is 0.535. The number of phenols is 1. The molecule has 4 nitrogen and oxygen atoms in total. The second-order valence-corrected chi connectivity index (χ2v) is 9.25. The van der Waals surface area contributed by atoms with E-state index in [-0.39, 0.29) is 11.5 Å². The van der Waals surface area contributed by atoms with E-state index in [0.29, 0.717) is 11.7 Å². The molecule has 1 aromatic rings. The van der Waals surface area contributed by atoms with Gasteiger partial charge in [0, 0.05) is 5.56 Å². The van der Waals surface area contributed by atoms with Gasteiger partial charge in [-0.2, -0.15) is 0 Å². The van der Waals surface area contributed by atoms with Crippen LogP contribution in [-0.4, -0.2) is 21.8 Å². The summed E-state index contributed by atoms with van der Waals surface area (Å²) in [6, 6.07) is 0. The van der Waals surface area contributed by atoms with E-state index in [4.69, 9.17) is 9.84 Å². The monoisotopic (exact) mass is 390 g/mol. The SMILES string of the molecule is Cc1c(C)c2c(c(C)c1O)CC[C@@](C)(CCC[C@H](C)CCC[C@H](C)C(=O)O)O2. The molecule has 0 saturated heterocycles. The Morgan fingerprint density at radius 3 is 2.36 bits per heavy atom. The van der Waals surface area contributed by atoms with E-state index >= 15 is 0 Å². The van der Waals surface area contributed by atoms with E-state index in [2.05, 4.69) is 13.8 Å². The van der Waals surface area contributed by atoms with Crippen molar-refractivity contribution in [2.24, 2.45) is 11.8 Å². The van der Waals surface area contributed by atoms with Gasteiger partial charge in [0.2, 0.25) is 0 Å². The van der Waals surface area contributed by atoms with E-state index < -0.39 is 5.97 Å². The van der Waals surface area contributed by atoms with E-state index in [0.717, 1.165) is 73.8 Å². The van der Waals surface area contributed by atoms with Crippen molar-refractivity contribution in [2.75, 3.05) is 0 Å². The van der Waals surface area contributed by atoms with Crippen LogP contribution in [0, 0.1) is 32.6 Å². The van der Waals surface area contributed by atoms with Crippen molar-refractivity contribution in [3.05, 3.63) is 22.3 Å². The zero-order valence-corrected chi connectivity index (χ0v) is 18.5. The minimum Gasteiger partial charge on any atom is -0.507 e. The number of rotatable bonds is 9. The highest BCUT2D eigenvalue weighted by Gasteiger charge is 2.34. The minimum atomic E-state index is -0.690. The van der Waals surface area contributed by atoms with Crippen LogP contribution >= 0.6 is 0 Å². The third-order valence-corrected chi connectivity index (χ3v) is 6.75. The number of carbonyl (C=O) groups is 1. The predicted octanol–water partition coefficient (Wildman–Crippen LogP) is 6.10. The lowest BCUT2D eigenvalue weighted by Gasteiger charge is -2.38. The molecule has 0 unspecified atom stereocenters. The van der Waals surface area contributed by atoms with Gasteiger partial charge in [-0.3, -0.25) is 4.79 Å².